The minimum atomic E-state index is 0.646. The third-order valence-electron chi connectivity index (χ3n) is 8.76. The molecule has 220 valence electrons. The summed E-state index contributed by atoms with van der Waals surface area (Å²) in [5.74, 6) is 1.95. The normalized spacial score (nSPS) is 11.4. The Morgan fingerprint density at radius 2 is 0.915 bits per heavy atom. The lowest BCUT2D eigenvalue weighted by atomic mass is 9.93. The van der Waals surface area contributed by atoms with E-state index in [0.29, 0.717) is 17.5 Å². The third-order valence-corrected chi connectivity index (χ3v) is 9.98. The van der Waals surface area contributed by atoms with Gasteiger partial charge in [0.2, 0.25) is 0 Å². The summed E-state index contributed by atoms with van der Waals surface area (Å²) in [4.78, 5) is 15.3. The number of benzene rings is 7. The monoisotopic (exact) mass is 617 g/mol. The van der Waals surface area contributed by atoms with Crippen LogP contribution in [0.5, 0.6) is 0 Å². The second kappa shape index (κ2) is 11.4. The Kier molecular flexibility index (Phi) is 6.65. The van der Waals surface area contributed by atoms with Crippen molar-refractivity contribution >= 4 is 42.3 Å². The highest BCUT2D eigenvalue weighted by Gasteiger charge is 2.18. The minimum absolute atomic E-state index is 0.646. The van der Waals surface area contributed by atoms with Gasteiger partial charge in [0.1, 0.15) is 0 Å². The Balaban J connectivity index is 1.21. The molecule has 9 aromatic rings. The number of nitrogens with zero attached hydrogens (tertiary/aromatic N) is 3. The van der Waals surface area contributed by atoms with Gasteiger partial charge in [0.05, 0.1) is 0 Å². The van der Waals surface area contributed by atoms with Crippen molar-refractivity contribution < 1.29 is 0 Å². The van der Waals surface area contributed by atoms with Crippen LogP contribution in [0.1, 0.15) is 0 Å². The van der Waals surface area contributed by atoms with Gasteiger partial charge in [0, 0.05) is 42.4 Å². The smallest absolute Gasteiger partial charge is 0.164 e. The maximum atomic E-state index is 5.15. The van der Waals surface area contributed by atoms with E-state index in [9.17, 15) is 0 Å². The Morgan fingerprint density at radius 1 is 0.340 bits per heavy atom. The molecular weight excluding hydrogens is 591 g/mol. The summed E-state index contributed by atoms with van der Waals surface area (Å²) < 4.78 is 2.61. The highest BCUT2D eigenvalue weighted by molar-refractivity contribution is 7.26. The summed E-state index contributed by atoms with van der Waals surface area (Å²) in [5.41, 5.74) is 7.52. The predicted molar refractivity (Wildman–Crippen MR) is 197 cm³/mol. The Labute approximate surface area is 276 Å². The zero-order chi connectivity index (χ0) is 31.2. The van der Waals surface area contributed by atoms with Crippen molar-refractivity contribution in [3.63, 3.8) is 0 Å². The van der Waals surface area contributed by atoms with Crippen LogP contribution in [0.2, 0.25) is 0 Å². The topological polar surface area (TPSA) is 38.7 Å². The molecule has 0 saturated carbocycles. The summed E-state index contributed by atoms with van der Waals surface area (Å²) in [7, 11) is 0. The van der Waals surface area contributed by atoms with Crippen LogP contribution in [0.25, 0.3) is 87.4 Å². The van der Waals surface area contributed by atoms with Crippen molar-refractivity contribution in [3.05, 3.63) is 164 Å². The molecule has 0 amide bonds. The molecule has 0 aliphatic rings. The van der Waals surface area contributed by atoms with Crippen molar-refractivity contribution in [2.24, 2.45) is 0 Å². The number of thiophene rings is 1. The lowest BCUT2D eigenvalue weighted by Crippen LogP contribution is -2.01. The van der Waals surface area contributed by atoms with Gasteiger partial charge in [-0.25, -0.2) is 15.0 Å². The lowest BCUT2D eigenvalue weighted by molar-refractivity contribution is 1.07. The fourth-order valence-electron chi connectivity index (χ4n) is 6.49. The first-order valence-corrected chi connectivity index (χ1v) is 16.5. The number of aromatic nitrogens is 3. The van der Waals surface area contributed by atoms with Crippen LogP contribution in [0, 0.1) is 0 Å². The van der Waals surface area contributed by atoms with E-state index in [4.69, 9.17) is 15.0 Å². The maximum absolute atomic E-state index is 5.15. The zero-order valence-electron chi connectivity index (χ0n) is 25.3. The summed E-state index contributed by atoms with van der Waals surface area (Å²) in [6, 6.07) is 57.4. The molecule has 47 heavy (non-hydrogen) atoms. The Morgan fingerprint density at radius 3 is 1.68 bits per heavy atom. The van der Waals surface area contributed by atoms with E-state index in [2.05, 4.69) is 140 Å². The van der Waals surface area contributed by atoms with Gasteiger partial charge in [-0.2, -0.15) is 0 Å². The van der Waals surface area contributed by atoms with Gasteiger partial charge in [-0.3, -0.25) is 0 Å². The summed E-state index contributed by atoms with van der Waals surface area (Å²) >= 11 is 1.85. The van der Waals surface area contributed by atoms with Crippen molar-refractivity contribution in [2.75, 3.05) is 0 Å². The standard InChI is InChI=1S/C43H27N3S/c1-3-13-30(14-4-1)39-33-17-8-7-12-28(33)26-27-37(39)43-45-41(31-15-5-2-6-16-31)44-42(46-43)32-24-22-29(23-25-32)34-19-11-20-36-35-18-9-10-21-38(35)47-40(34)36/h1-27H. The van der Waals surface area contributed by atoms with Crippen molar-refractivity contribution in [2.45, 2.75) is 0 Å². The fourth-order valence-corrected chi connectivity index (χ4v) is 7.73. The number of rotatable bonds is 5. The van der Waals surface area contributed by atoms with Crippen LogP contribution in [0.4, 0.5) is 0 Å². The number of hydrogen-bond donors (Lipinski definition) is 0. The molecular formula is C43H27N3S. The summed E-state index contributed by atoms with van der Waals surface area (Å²) in [5, 5.41) is 4.95. The molecule has 2 aromatic heterocycles. The first-order valence-electron chi connectivity index (χ1n) is 15.7. The van der Waals surface area contributed by atoms with Crippen LogP contribution in [0.15, 0.2) is 164 Å². The molecule has 0 saturated heterocycles. The van der Waals surface area contributed by atoms with Gasteiger partial charge < -0.3 is 0 Å². The maximum Gasteiger partial charge on any atom is 0.164 e. The van der Waals surface area contributed by atoms with Crippen LogP contribution in [-0.2, 0) is 0 Å². The van der Waals surface area contributed by atoms with Gasteiger partial charge in [-0.05, 0) is 39.6 Å². The van der Waals surface area contributed by atoms with Crippen LogP contribution in [-0.4, -0.2) is 15.0 Å². The average Bonchev–Trinajstić information content (AvgIpc) is 3.54. The predicted octanol–water partition coefficient (Wildman–Crippen LogP) is 11.7. The highest BCUT2D eigenvalue weighted by atomic mass is 32.1. The molecule has 9 rings (SSSR count). The molecule has 0 radical (unpaired) electrons. The van der Waals surface area contributed by atoms with E-state index in [1.54, 1.807) is 0 Å². The first kappa shape index (κ1) is 27.3. The van der Waals surface area contributed by atoms with Crippen LogP contribution >= 0.6 is 11.3 Å². The molecule has 0 N–H and O–H groups in total. The summed E-state index contributed by atoms with van der Waals surface area (Å²) in [6.45, 7) is 0. The Bertz CT molecular complexity index is 2550. The number of hydrogen-bond acceptors (Lipinski definition) is 4. The van der Waals surface area contributed by atoms with Gasteiger partial charge in [0.15, 0.2) is 17.5 Å². The molecule has 0 aliphatic heterocycles. The van der Waals surface area contributed by atoms with E-state index in [1.807, 2.05) is 35.6 Å². The largest absolute Gasteiger partial charge is 0.208 e. The third kappa shape index (κ3) is 4.87. The average molecular weight is 618 g/mol. The second-order valence-corrected chi connectivity index (χ2v) is 12.7. The molecule has 7 aromatic carbocycles. The minimum Gasteiger partial charge on any atom is -0.208 e. The van der Waals surface area contributed by atoms with Gasteiger partial charge >= 0.3 is 0 Å². The van der Waals surface area contributed by atoms with E-state index < -0.39 is 0 Å². The molecule has 0 unspecified atom stereocenters. The summed E-state index contributed by atoms with van der Waals surface area (Å²) in [6.07, 6.45) is 0. The fraction of sp³-hybridized carbons (Fsp3) is 0. The van der Waals surface area contributed by atoms with Gasteiger partial charge in [-0.15, -0.1) is 11.3 Å². The second-order valence-electron chi connectivity index (χ2n) is 11.6. The van der Waals surface area contributed by atoms with Crippen molar-refractivity contribution in [1.82, 2.24) is 15.0 Å². The van der Waals surface area contributed by atoms with E-state index >= 15 is 0 Å². The van der Waals surface area contributed by atoms with Crippen LogP contribution < -0.4 is 0 Å². The lowest BCUT2D eigenvalue weighted by Gasteiger charge is -2.15. The molecule has 0 atom stereocenters. The molecule has 4 heteroatoms. The Hall–Kier alpha value is -5.97. The molecule has 0 aliphatic carbocycles. The SMILES string of the molecule is c1ccc(-c2nc(-c3ccc(-c4cccc5c4sc4ccccc45)cc3)nc(-c3ccc4ccccc4c3-c3ccccc3)n2)cc1. The molecule has 2 heterocycles. The van der Waals surface area contributed by atoms with Crippen molar-refractivity contribution in [3.8, 4) is 56.4 Å². The molecule has 0 bridgehead atoms. The van der Waals surface area contributed by atoms with Crippen LogP contribution in [0.3, 0.4) is 0 Å². The van der Waals surface area contributed by atoms with Gasteiger partial charge in [-0.1, -0.05) is 152 Å². The highest BCUT2D eigenvalue weighted by Crippen LogP contribution is 2.41. The molecule has 0 spiro atoms. The first-order chi connectivity index (χ1) is 23.3. The quantitative estimate of drug-likeness (QED) is 0.193. The number of fused-ring (bicyclic) bond motifs is 4. The van der Waals surface area contributed by atoms with E-state index in [1.165, 1.54) is 42.1 Å². The zero-order valence-corrected chi connectivity index (χ0v) is 26.2. The van der Waals surface area contributed by atoms with Crippen molar-refractivity contribution in [1.29, 1.82) is 0 Å². The van der Waals surface area contributed by atoms with E-state index in [0.717, 1.165) is 27.8 Å². The van der Waals surface area contributed by atoms with Gasteiger partial charge in [0.25, 0.3) is 0 Å². The molecule has 0 fully saturated rings. The molecule has 3 nitrogen and oxygen atoms in total. The van der Waals surface area contributed by atoms with E-state index in [-0.39, 0.29) is 0 Å².